The molecule has 3 nitrogen and oxygen atoms in total. The Morgan fingerprint density at radius 1 is 1.39 bits per heavy atom. The van der Waals surface area contributed by atoms with Crippen LogP contribution in [0, 0.1) is 6.92 Å². The van der Waals surface area contributed by atoms with Gasteiger partial charge >= 0.3 is 0 Å². The highest BCUT2D eigenvalue weighted by Gasteiger charge is 2.10. The molecule has 0 unspecified atom stereocenters. The summed E-state index contributed by atoms with van der Waals surface area (Å²) in [5, 5.41) is 3.80. The van der Waals surface area contributed by atoms with Gasteiger partial charge in [0.25, 0.3) is 0 Å². The predicted molar refractivity (Wildman–Crippen MR) is 80.3 cm³/mol. The van der Waals surface area contributed by atoms with Crippen molar-refractivity contribution in [1.29, 1.82) is 0 Å². The van der Waals surface area contributed by atoms with E-state index in [0.717, 1.165) is 28.8 Å². The third kappa shape index (κ3) is 3.89. The van der Waals surface area contributed by atoms with Crippen LogP contribution in [0.2, 0.25) is 5.02 Å². The molecule has 0 spiro atoms. The summed E-state index contributed by atoms with van der Waals surface area (Å²) in [5.41, 5.74) is 1.84. The second kappa shape index (κ2) is 7.00. The van der Waals surface area contributed by atoms with Crippen LogP contribution in [0.3, 0.4) is 0 Å². The highest BCUT2D eigenvalue weighted by molar-refractivity contribution is 9.10. The number of likely N-dealkylation sites (N-methyl/N-ethyl adjacent to an activating group) is 1. The molecule has 1 aromatic carbocycles. The summed E-state index contributed by atoms with van der Waals surface area (Å²) >= 11 is 9.52. The molecule has 0 aliphatic heterocycles. The standard InChI is InChI=1S/C13H18BrClN2O/c1-4-17(5-2)13(18)8-16-12-7-11(15)9(3)6-10(12)14/h6-7,16H,4-5,8H2,1-3H3. The van der Waals surface area contributed by atoms with Gasteiger partial charge in [-0.15, -0.1) is 0 Å². The number of anilines is 1. The number of benzene rings is 1. The first-order valence-corrected chi connectivity index (χ1v) is 7.14. The van der Waals surface area contributed by atoms with Crippen LogP contribution in [0.15, 0.2) is 16.6 Å². The zero-order valence-electron chi connectivity index (χ0n) is 10.9. The SMILES string of the molecule is CCN(CC)C(=O)CNc1cc(Cl)c(C)cc1Br. The lowest BCUT2D eigenvalue weighted by molar-refractivity contribution is -0.128. The van der Waals surface area contributed by atoms with E-state index in [1.165, 1.54) is 0 Å². The van der Waals surface area contributed by atoms with Crippen LogP contribution in [0.5, 0.6) is 0 Å². The van der Waals surface area contributed by atoms with Gasteiger partial charge in [0.1, 0.15) is 0 Å². The van der Waals surface area contributed by atoms with Crippen LogP contribution in [-0.4, -0.2) is 30.4 Å². The van der Waals surface area contributed by atoms with Gasteiger partial charge in [0.2, 0.25) is 5.91 Å². The first-order chi connectivity index (χ1) is 8.49. The molecule has 0 radical (unpaired) electrons. The minimum Gasteiger partial charge on any atom is -0.375 e. The minimum atomic E-state index is 0.0867. The zero-order chi connectivity index (χ0) is 13.7. The molecule has 5 heteroatoms. The van der Waals surface area contributed by atoms with E-state index >= 15 is 0 Å². The van der Waals surface area contributed by atoms with Gasteiger partial charge in [-0.25, -0.2) is 0 Å². The lowest BCUT2D eigenvalue weighted by Crippen LogP contribution is -2.35. The van der Waals surface area contributed by atoms with Gasteiger partial charge in [0, 0.05) is 22.6 Å². The summed E-state index contributed by atoms with van der Waals surface area (Å²) in [5.74, 6) is 0.0867. The average Bonchev–Trinajstić information content (AvgIpc) is 2.33. The van der Waals surface area contributed by atoms with Crippen LogP contribution in [0.1, 0.15) is 19.4 Å². The van der Waals surface area contributed by atoms with E-state index in [4.69, 9.17) is 11.6 Å². The van der Waals surface area contributed by atoms with Crippen LogP contribution in [-0.2, 0) is 4.79 Å². The van der Waals surface area contributed by atoms with Crippen LogP contribution < -0.4 is 5.32 Å². The number of nitrogens with zero attached hydrogens (tertiary/aromatic N) is 1. The zero-order valence-corrected chi connectivity index (χ0v) is 13.2. The van der Waals surface area contributed by atoms with Crippen LogP contribution in [0.25, 0.3) is 0 Å². The van der Waals surface area contributed by atoms with Crippen molar-refractivity contribution in [3.05, 3.63) is 27.2 Å². The number of aryl methyl sites for hydroxylation is 1. The van der Waals surface area contributed by atoms with Crippen molar-refractivity contribution in [3.63, 3.8) is 0 Å². The molecule has 0 saturated carbocycles. The van der Waals surface area contributed by atoms with Crippen molar-refractivity contribution in [3.8, 4) is 0 Å². The minimum absolute atomic E-state index is 0.0867. The molecule has 0 atom stereocenters. The number of amides is 1. The molecule has 0 heterocycles. The molecule has 1 amide bonds. The van der Waals surface area contributed by atoms with Gasteiger partial charge in [-0.05, 0) is 54.4 Å². The maximum Gasteiger partial charge on any atom is 0.241 e. The molecule has 0 aliphatic rings. The topological polar surface area (TPSA) is 32.3 Å². The van der Waals surface area contributed by atoms with Gasteiger partial charge in [0.05, 0.1) is 12.2 Å². The third-order valence-corrected chi connectivity index (χ3v) is 3.86. The van der Waals surface area contributed by atoms with E-state index in [9.17, 15) is 4.79 Å². The molecule has 0 saturated heterocycles. The van der Waals surface area contributed by atoms with Crippen LogP contribution >= 0.6 is 27.5 Å². The maximum absolute atomic E-state index is 11.9. The number of halogens is 2. The Kier molecular flexibility index (Phi) is 5.96. The van der Waals surface area contributed by atoms with Gasteiger partial charge < -0.3 is 10.2 Å². The Morgan fingerprint density at radius 3 is 2.56 bits per heavy atom. The summed E-state index contributed by atoms with van der Waals surface area (Å²) in [4.78, 5) is 13.6. The Balaban J connectivity index is 2.69. The molecule has 0 aromatic heterocycles. The fraction of sp³-hybridized carbons (Fsp3) is 0.462. The summed E-state index contributed by atoms with van der Waals surface area (Å²) < 4.78 is 0.914. The molecule has 0 aliphatic carbocycles. The first-order valence-electron chi connectivity index (χ1n) is 5.96. The molecular weight excluding hydrogens is 316 g/mol. The van der Waals surface area contributed by atoms with Crippen LogP contribution in [0.4, 0.5) is 5.69 Å². The molecule has 1 rings (SSSR count). The first kappa shape index (κ1) is 15.3. The Hall–Kier alpha value is -0.740. The van der Waals surface area contributed by atoms with Crippen molar-refractivity contribution < 1.29 is 4.79 Å². The number of rotatable bonds is 5. The smallest absolute Gasteiger partial charge is 0.241 e. The van der Waals surface area contributed by atoms with E-state index in [-0.39, 0.29) is 12.5 Å². The second-order valence-electron chi connectivity index (χ2n) is 4.00. The quantitative estimate of drug-likeness (QED) is 0.891. The number of nitrogens with one attached hydrogen (secondary N) is 1. The van der Waals surface area contributed by atoms with Crippen molar-refractivity contribution >= 4 is 39.1 Å². The summed E-state index contributed by atoms with van der Waals surface area (Å²) in [6.45, 7) is 7.62. The number of carbonyl (C=O) groups is 1. The van der Waals surface area contributed by atoms with Crippen molar-refractivity contribution in [2.24, 2.45) is 0 Å². The third-order valence-electron chi connectivity index (χ3n) is 2.79. The van der Waals surface area contributed by atoms with Gasteiger partial charge in [0.15, 0.2) is 0 Å². The molecule has 18 heavy (non-hydrogen) atoms. The highest BCUT2D eigenvalue weighted by atomic mass is 79.9. The largest absolute Gasteiger partial charge is 0.375 e. The van der Waals surface area contributed by atoms with Crippen molar-refractivity contribution in [2.45, 2.75) is 20.8 Å². The molecular formula is C13H18BrClN2O. The normalized spacial score (nSPS) is 10.3. The average molecular weight is 334 g/mol. The Bertz CT molecular complexity index is 433. The van der Waals surface area contributed by atoms with E-state index in [1.54, 1.807) is 4.90 Å². The fourth-order valence-electron chi connectivity index (χ4n) is 1.64. The van der Waals surface area contributed by atoms with Gasteiger partial charge in [-0.1, -0.05) is 11.6 Å². The van der Waals surface area contributed by atoms with Gasteiger partial charge in [-0.3, -0.25) is 4.79 Å². The predicted octanol–water partition coefficient (Wildman–Crippen LogP) is 3.69. The summed E-state index contributed by atoms with van der Waals surface area (Å²) in [6.07, 6.45) is 0. The highest BCUT2D eigenvalue weighted by Crippen LogP contribution is 2.28. The molecule has 100 valence electrons. The molecule has 0 fully saturated rings. The summed E-state index contributed by atoms with van der Waals surface area (Å²) in [6, 6.07) is 3.77. The number of carbonyl (C=O) groups excluding carboxylic acids is 1. The van der Waals surface area contributed by atoms with E-state index in [0.29, 0.717) is 5.02 Å². The molecule has 0 bridgehead atoms. The Morgan fingerprint density at radius 2 is 2.00 bits per heavy atom. The number of hydrogen-bond acceptors (Lipinski definition) is 2. The lowest BCUT2D eigenvalue weighted by Gasteiger charge is -2.19. The molecule has 1 N–H and O–H groups in total. The van der Waals surface area contributed by atoms with E-state index in [2.05, 4.69) is 21.2 Å². The van der Waals surface area contributed by atoms with E-state index < -0.39 is 0 Å². The summed E-state index contributed by atoms with van der Waals surface area (Å²) in [7, 11) is 0. The van der Waals surface area contributed by atoms with E-state index in [1.807, 2.05) is 32.9 Å². The Labute approximate surface area is 122 Å². The monoisotopic (exact) mass is 332 g/mol. The van der Waals surface area contributed by atoms with Crippen molar-refractivity contribution in [2.75, 3.05) is 25.0 Å². The fourth-order valence-corrected chi connectivity index (χ4v) is 2.40. The van der Waals surface area contributed by atoms with Crippen molar-refractivity contribution in [1.82, 2.24) is 4.90 Å². The maximum atomic E-state index is 11.9. The molecule has 1 aromatic rings. The second-order valence-corrected chi connectivity index (χ2v) is 5.26. The van der Waals surface area contributed by atoms with Gasteiger partial charge in [-0.2, -0.15) is 0 Å². The number of hydrogen-bond donors (Lipinski definition) is 1. The lowest BCUT2D eigenvalue weighted by atomic mass is 10.2.